The third-order valence-electron chi connectivity index (χ3n) is 10.3. The van der Waals surface area contributed by atoms with Gasteiger partial charge in [-0.2, -0.15) is 0 Å². The number of nitrogens with zero attached hydrogens (tertiary/aromatic N) is 1. The Labute approximate surface area is 177 Å². The minimum absolute atomic E-state index is 0.173. The lowest BCUT2D eigenvalue weighted by molar-refractivity contribution is -0.141. The molecule has 0 amide bonds. The summed E-state index contributed by atoms with van der Waals surface area (Å²) >= 11 is 0. The normalized spacial score (nSPS) is 46.8. The summed E-state index contributed by atoms with van der Waals surface area (Å²) in [5.74, 6) is 10.8. The summed E-state index contributed by atoms with van der Waals surface area (Å²) in [6.45, 7) is 7.67. The Morgan fingerprint density at radius 1 is 1.10 bits per heavy atom. The molecule has 8 unspecified atom stereocenters. The Balaban J connectivity index is 1.54. The monoisotopic (exact) mass is 401 g/mol. The Hall–Kier alpha value is -1.03. The minimum atomic E-state index is 0.173. The summed E-state index contributed by atoms with van der Waals surface area (Å²) in [7, 11) is 0. The van der Waals surface area contributed by atoms with Crippen LogP contribution in [0.25, 0.3) is 0 Å². The second kappa shape index (κ2) is 7.90. The number of carbonyl (C=O) groups excluding carboxylic acids is 1. The zero-order valence-electron chi connectivity index (χ0n) is 18.9. The van der Waals surface area contributed by atoms with Gasteiger partial charge in [0.25, 0.3) is 0 Å². The molecule has 4 fully saturated rings. The number of fused-ring (bicyclic) bond motifs is 5. The molecule has 4 rings (SSSR count). The van der Waals surface area contributed by atoms with Crippen LogP contribution in [0.4, 0.5) is 0 Å². The van der Waals surface area contributed by atoms with E-state index in [9.17, 15) is 4.79 Å². The fourth-order valence-electron chi connectivity index (χ4n) is 8.96. The SMILES string of the molecule is CCC12CCC(C)CC1CCC1C3CCC(C(=O)CN(N)/C=C\N)C3(C)CCC12. The first kappa shape index (κ1) is 21.2. The van der Waals surface area contributed by atoms with Gasteiger partial charge in [0.2, 0.25) is 0 Å². The summed E-state index contributed by atoms with van der Waals surface area (Å²) in [5.41, 5.74) is 6.21. The fraction of sp³-hybridized carbons (Fsp3) is 0.880. The van der Waals surface area contributed by atoms with E-state index in [1.807, 2.05) is 0 Å². The van der Waals surface area contributed by atoms with Crippen LogP contribution in [0.15, 0.2) is 12.4 Å². The van der Waals surface area contributed by atoms with E-state index in [1.165, 1.54) is 69.0 Å². The lowest BCUT2D eigenvalue weighted by Crippen LogP contribution is -2.55. The van der Waals surface area contributed by atoms with Gasteiger partial charge in [0.1, 0.15) is 0 Å². The first-order valence-corrected chi connectivity index (χ1v) is 12.3. The zero-order chi connectivity index (χ0) is 20.8. The lowest BCUT2D eigenvalue weighted by atomic mass is 9.43. The van der Waals surface area contributed by atoms with Gasteiger partial charge in [0, 0.05) is 18.3 Å². The number of carbonyl (C=O) groups is 1. The number of ketones is 1. The fourth-order valence-corrected chi connectivity index (χ4v) is 8.96. The predicted octanol–water partition coefficient (Wildman–Crippen LogP) is 4.85. The van der Waals surface area contributed by atoms with E-state index in [1.54, 1.807) is 6.20 Å². The summed E-state index contributed by atoms with van der Waals surface area (Å²) in [5, 5.41) is 1.45. The van der Waals surface area contributed by atoms with Crippen molar-refractivity contribution >= 4 is 5.78 Å². The highest BCUT2D eigenvalue weighted by Gasteiger charge is 2.61. The smallest absolute Gasteiger partial charge is 0.157 e. The second-order valence-corrected chi connectivity index (χ2v) is 11.3. The van der Waals surface area contributed by atoms with Gasteiger partial charge in [-0.05, 0) is 98.2 Å². The Morgan fingerprint density at radius 2 is 1.90 bits per heavy atom. The molecule has 164 valence electrons. The van der Waals surface area contributed by atoms with Gasteiger partial charge in [-0.15, -0.1) is 0 Å². The van der Waals surface area contributed by atoms with E-state index < -0.39 is 0 Å². The van der Waals surface area contributed by atoms with Gasteiger partial charge in [0.05, 0.1) is 6.54 Å². The molecule has 0 aromatic heterocycles. The van der Waals surface area contributed by atoms with Crippen molar-refractivity contribution in [2.75, 3.05) is 6.54 Å². The van der Waals surface area contributed by atoms with Crippen LogP contribution < -0.4 is 11.6 Å². The van der Waals surface area contributed by atoms with Crippen molar-refractivity contribution in [3.8, 4) is 0 Å². The highest BCUT2D eigenvalue weighted by molar-refractivity contribution is 5.84. The number of hydrogen-bond acceptors (Lipinski definition) is 4. The van der Waals surface area contributed by atoms with E-state index in [2.05, 4.69) is 20.8 Å². The van der Waals surface area contributed by atoms with Crippen molar-refractivity contribution in [1.82, 2.24) is 5.01 Å². The van der Waals surface area contributed by atoms with E-state index in [4.69, 9.17) is 11.6 Å². The van der Waals surface area contributed by atoms with Crippen molar-refractivity contribution in [2.24, 2.45) is 57.9 Å². The van der Waals surface area contributed by atoms with Crippen LogP contribution in [0.2, 0.25) is 0 Å². The number of nitrogens with two attached hydrogens (primary N) is 2. The summed E-state index contributed by atoms with van der Waals surface area (Å²) in [6, 6.07) is 0. The quantitative estimate of drug-likeness (QED) is 0.510. The topological polar surface area (TPSA) is 72.3 Å². The zero-order valence-corrected chi connectivity index (χ0v) is 18.9. The molecule has 0 saturated heterocycles. The number of rotatable bonds is 5. The Kier molecular flexibility index (Phi) is 5.78. The molecule has 0 aromatic carbocycles. The third-order valence-corrected chi connectivity index (χ3v) is 10.3. The number of hydrazine groups is 1. The molecule has 4 saturated carbocycles. The lowest BCUT2D eigenvalue weighted by Gasteiger charge is -2.62. The Morgan fingerprint density at radius 3 is 2.62 bits per heavy atom. The van der Waals surface area contributed by atoms with Gasteiger partial charge >= 0.3 is 0 Å². The molecule has 0 spiro atoms. The molecule has 0 aliphatic heterocycles. The van der Waals surface area contributed by atoms with Crippen molar-refractivity contribution < 1.29 is 4.79 Å². The molecule has 0 heterocycles. The standard InChI is InChI=1S/C25H43N3O/c1-4-25-12-9-17(2)15-18(25)5-6-19-20-7-8-22(23(29)16-28(27)14-13-26)24(20,3)11-10-21(19)25/h13-14,17-22H,4-12,15-16,26-27H2,1-3H3/b14-13-. The van der Waals surface area contributed by atoms with Crippen molar-refractivity contribution in [2.45, 2.75) is 85.0 Å². The molecule has 4 N–H and O–H groups in total. The van der Waals surface area contributed by atoms with Crippen molar-refractivity contribution in [1.29, 1.82) is 0 Å². The van der Waals surface area contributed by atoms with Gasteiger partial charge in [-0.25, -0.2) is 5.84 Å². The molecular formula is C25H43N3O. The maximum Gasteiger partial charge on any atom is 0.157 e. The molecule has 4 aliphatic carbocycles. The van der Waals surface area contributed by atoms with Crippen LogP contribution in [0, 0.1) is 46.3 Å². The van der Waals surface area contributed by atoms with Crippen LogP contribution in [-0.2, 0) is 4.79 Å². The van der Waals surface area contributed by atoms with E-state index in [-0.39, 0.29) is 17.9 Å². The maximum absolute atomic E-state index is 13.1. The summed E-state index contributed by atoms with van der Waals surface area (Å²) < 4.78 is 0. The van der Waals surface area contributed by atoms with Crippen LogP contribution >= 0.6 is 0 Å². The van der Waals surface area contributed by atoms with Gasteiger partial charge in [0.15, 0.2) is 5.78 Å². The molecule has 29 heavy (non-hydrogen) atoms. The Bertz CT molecular complexity index is 648. The molecule has 4 heteroatoms. The predicted molar refractivity (Wildman–Crippen MR) is 118 cm³/mol. The summed E-state index contributed by atoms with van der Waals surface area (Å²) in [6.07, 6.45) is 16.4. The van der Waals surface area contributed by atoms with Crippen LogP contribution in [0.5, 0.6) is 0 Å². The molecule has 4 aliphatic rings. The van der Waals surface area contributed by atoms with E-state index in [0.717, 1.165) is 36.0 Å². The average molecular weight is 402 g/mol. The summed E-state index contributed by atoms with van der Waals surface area (Å²) in [4.78, 5) is 13.1. The van der Waals surface area contributed by atoms with Gasteiger partial charge < -0.3 is 10.7 Å². The highest BCUT2D eigenvalue weighted by atomic mass is 16.1. The molecular weight excluding hydrogens is 358 g/mol. The third kappa shape index (κ3) is 3.34. The molecule has 4 nitrogen and oxygen atoms in total. The van der Waals surface area contributed by atoms with Crippen molar-refractivity contribution in [3.05, 3.63) is 12.4 Å². The number of Topliss-reactive ketones (excluding diaryl/α,β-unsaturated/α-hetero) is 1. The maximum atomic E-state index is 13.1. The van der Waals surface area contributed by atoms with Crippen LogP contribution in [-0.4, -0.2) is 17.3 Å². The molecule has 0 bridgehead atoms. The first-order valence-electron chi connectivity index (χ1n) is 12.3. The first-order chi connectivity index (χ1) is 13.9. The second-order valence-electron chi connectivity index (χ2n) is 11.3. The van der Waals surface area contributed by atoms with E-state index in [0.29, 0.717) is 11.2 Å². The molecule has 0 aromatic rings. The van der Waals surface area contributed by atoms with E-state index >= 15 is 0 Å². The average Bonchev–Trinajstić information content (AvgIpc) is 3.05. The van der Waals surface area contributed by atoms with Crippen LogP contribution in [0.1, 0.15) is 85.0 Å². The highest BCUT2D eigenvalue weighted by Crippen LogP contribution is 2.68. The van der Waals surface area contributed by atoms with Crippen molar-refractivity contribution in [3.63, 3.8) is 0 Å². The van der Waals surface area contributed by atoms with Crippen LogP contribution in [0.3, 0.4) is 0 Å². The largest absolute Gasteiger partial charge is 0.403 e. The van der Waals surface area contributed by atoms with Gasteiger partial charge in [-0.1, -0.05) is 27.2 Å². The minimum Gasteiger partial charge on any atom is -0.403 e. The number of hydrogen-bond donors (Lipinski definition) is 2. The molecule has 8 atom stereocenters. The molecule has 0 radical (unpaired) electrons. The van der Waals surface area contributed by atoms with Gasteiger partial charge in [-0.3, -0.25) is 4.79 Å².